The molecule has 2 aromatic carbocycles. The van der Waals surface area contributed by atoms with Crippen LogP contribution in [0.15, 0.2) is 40.9 Å². The Bertz CT molecular complexity index is 590. The van der Waals surface area contributed by atoms with E-state index in [1.807, 2.05) is 18.2 Å². The van der Waals surface area contributed by atoms with Gasteiger partial charge in [0.25, 0.3) is 0 Å². The molecule has 1 nitrogen and oxygen atoms in total. The van der Waals surface area contributed by atoms with Crippen LogP contribution in [-0.2, 0) is 11.9 Å². The maximum absolute atomic E-state index is 13.1. The van der Waals surface area contributed by atoms with Gasteiger partial charge in [0.2, 0.25) is 0 Å². The summed E-state index contributed by atoms with van der Waals surface area (Å²) < 4.78 is 19.7. The molecule has 0 aliphatic carbocycles. The van der Waals surface area contributed by atoms with Crippen LogP contribution in [0.3, 0.4) is 0 Å². The van der Waals surface area contributed by atoms with Gasteiger partial charge in [-0.05, 0) is 30.3 Å². The van der Waals surface area contributed by atoms with Crippen LogP contribution in [0.5, 0.6) is 5.75 Å². The lowest BCUT2D eigenvalue weighted by molar-refractivity contribution is 0.303. The first kappa shape index (κ1) is 14.8. The largest absolute Gasteiger partial charge is 0.489 e. The second-order valence-corrected chi connectivity index (χ2v) is 5.79. The van der Waals surface area contributed by atoms with Gasteiger partial charge in [-0.1, -0.05) is 49.5 Å². The van der Waals surface area contributed by atoms with E-state index in [0.717, 1.165) is 15.6 Å². The molecule has 0 aromatic heterocycles. The highest BCUT2D eigenvalue weighted by Crippen LogP contribution is 2.26. The minimum Gasteiger partial charge on any atom is -0.489 e. The molecule has 0 unspecified atom stereocenters. The Kier molecular flexibility index (Phi) is 5.25. The average Bonchev–Trinajstić information content (AvgIpc) is 2.39. The molecular weight excluding hydrogens is 398 g/mol. The van der Waals surface area contributed by atoms with Crippen LogP contribution >= 0.6 is 43.5 Å². The Morgan fingerprint density at radius 1 is 1.11 bits per heavy atom. The molecular formula is C14H10Br2ClFO. The van der Waals surface area contributed by atoms with Gasteiger partial charge in [-0.3, -0.25) is 0 Å². The Balaban J connectivity index is 2.14. The summed E-state index contributed by atoms with van der Waals surface area (Å²) in [6.07, 6.45) is 0. The van der Waals surface area contributed by atoms with E-state index in [9.17, 15) is 4.39 Å². The molecule has 0 heterocycles. The van der Waals surface area contributed by atoms with Crippen molar-refractivity contribution < 1.29 is 9.13 Å². The van der Waals surface area contributed by atoms with E-state index in [4.69, 9.17) is 16.3 Å². The molecule has 0 fully saturated rings. The third kappa shape index (κ3) is 3.94. The van der Waals surface area contributed by atoms with Gasteiger partial charge in [0, 0.05) is 26.0 Å². The van der Waals surface area contributed by atoms with Crippen molar-refractivity contribution >= 4 is 43.5 Å². The van der Waals surface area contributed by atoms with Crippen LogP contribution in [0.4, 0.5) is 4.39 Å². The van der Waals surface area contributed by atoms with E-state index in [2.05, 4.69) is 31.9 Å². The zero-order valence-corrected chi connectivity index (χ0v) is 13.7. The van der Waals surface area contributed by atoms with Crippen LogP contribution in [0, 0.1) is 5.82 Å². The van der Waals surface area contributed by atoms with Crippen LogP contribution in [0.25, 0.3) is 0 Å². The van der Waals surface area contributed by atoms with Crippen molar-refractivity contribution in [3.05, 3.63) is 62.8 Å². The minimum absolute atomic E-state index is 0.275. The lowest BCUT2D eigenvalue weighted by atomic mass is 10.2. The summed E-state index contributed by atoms with van der Waals surface area (Å²) in [4.78, 5) is 0. The third-order valence-electron chi connectivity index (χ3n) is 2.56. The van der Waals surface area contributed by atoms with Crippen molar-refractivity contribution in [2.45, 2.75) is 11.9 Å². The highest BCUT2D eigenvalue weighted by atomic mass is 79.9. The molecule has 5 heteroatoms. The molecule has 2 aromatic rings. The number of alkyl halides is 1. The number of rotatable bonds is 4. The molecule has 0 aliphatic heterocycles. The summed E-state index contributed by atoms with van der Waals surface area (Å²) in [5, 5.41) is 1.17. The van der Waals surface area contributed by atoms with Gasteiger partial charge < -0.3 is 4.74 Å². The summed E-state index contributed by atoms with van der Waals surface area (Å²) in [7, 11) is 0. The lowest BCUT2D eigenvalue weighted by Crippen LogP contribution is -1.99. The first-order chi connectivity index (χ1) is 9.10. The summed E-state index contributed by atoms with van der Waals surface area (Å²) in [6.45, 7) is 0.345. The van der Waals surface area contributed by atoms with Crippen LogP contribution in [0.1, 0.15) is 11.1 Å². The van der Waals surface area contributed by atoms with Crippen LogP contribution in [0.2, 0.25) is 5.02 Å². The molecule has 100 valence electrons. The standard InChI is InChI=1S/C14H10Br2ClFO/c15-7-10-5-12(18)3-4-14(10)19-8-9-1-2-11(16)6-13(9)17/h1-6H,7-8H2. The Morgan fingerprint density at radius 3 is 2.58 bits per heavy atom. The zero-order valence-electron chi connectivity index (χ0n) is 9.80. The lowest BCUT2D eigenvalue weighted by Gasteiger charge is -2.11. The number of hydrogen-bond acceptors (Lipinski definition) is 1. The van der Waals surface area contributed by atoms with Crippen molar-refractivity contribution in [1.82, 2.24) is 0 Å². The van der Waals surface area contributed by atoms with Crippen molar-refractivity contribution in [3.8, 4) is 5.75 Å². The zero-order chi connectivity index (χ0) is 13.8. The molecule has 0 spiro atoms. The van der Waals surface area contributed by atoms with E-state index in [0.29, 0.717) is 22.7 Å². The smallest absolute Gasteiger partial charge is 0.124 e. The predicted molar refractivity (Wildman–Crippen MR) is 82.5 cm³/mol. The average molecular weight is 408 g/mol. The van der Waals surface area contributed by atoms with E-state index >= 15 is 0 Å². The molecule has 2 rings (SSSR count). The fourth-order valence-corrected chi connectivity index (χ4v) is 2.75. The monoisotopic (exact) mass is 406 g/mol. The fourth-order valence-electron chi connectivity index (χ4n) is 1.59. The van der Waals surface area contributed by atoms with Gasteiger partial charge >= 0.3 is 0 Å². The van der Waals surface area contributed by atoms with Gasteiger partial charge in [-0.2, -0.15) is 0 Å². The molecule has 0 N–H and O–H groups in total. The topological polar surface area (TPSA) is 9.23 Å². The van der Waals surface area contributed by atoms with Gasteiger partial charge in [0.1, 0.15) is 18.2 Å². The summed E-state index contributed by atoms with van der Waals surface area (Å²) in [6, 6.07) is 10.1. The Hall–Kier alpha value is -0.580. The second-order valence-electron chi connectivity index (χ2n) is 3.91. The Morgan fingerprint density at radius 2 is 1.89 bits per heavy atom. The highest BCUT2D eigenvalue weighted by molar-refractivity contribution is 9.10. The van der Waals surface area contributed by atoms with E-state index in [-0.39, 0.29) is 5.82 Å². The van der Waals surface area contributed by atoms with E-state index in [1.165, 1.54) is 12.1 Å². The van der Waals surface area contributed by atoms with Crippen LogP contribution in [-0.4, -0.2) is 0 Å². The van der Waals surface area contributed by atoms with Crippen molar-refractivity contribution in [2.24, 2.45) is 0 Å². The summed E-state index contributed by atoms with van der Waals surface area (Å²) >= 11 is 12.8. The van der Waals surface area contributed by atoms with Crippen molar-refractivity contribution in [2.75, 3.05) is 0 Å². The van der Waals surface area contributed by atoms with Gasteiger partial charge in [0.15, 0.2) is 0 Å². The first-order valence-electron chi connectivity index (χ1n) is 5.51. The quantitative estimate of drug-likeness (QED) is 0.589. The summed E-state index contributed by atoms with van der Waals surface area (Å²) in [5.74, 6) is 0.376. The van der Waals surface area contributed by atoms with Gasteiger partial charge in [0.05, 0.1) is 0 Å². The molecule has 0 aliphatic rings. The fraction of sp³-hybridized carbons (Fsp3) is 0.143. The molecule has 19 heavy (non-hydrogen) atoms. The third-order valence-corrected chi connectivity index (χ3v) is 4.01. The maximum Gasteiger partial charge on any atom is 0.124 e. The molecule has 0 saturated carbocycles. The molecule has 0 atom stereocenters. The molecule has 0 saturated heterocycles. The number of halogens is 4. The van der Waals surface area contributed by atoms with Crippen molar-refractivity contribution in [1.29, 1.82) is 0 Å². The minimum atomic E-state index is -0.275. The molecule has 0 bridgehead atoms. The second kappa shape index (κ2) is 6.73. The maximum atomic E-state index is 13.1. The van der Waals surface area contributed by atoms with Gasteiger partial charge in [-0.25, -0.2) is 4.39 Å². The SMILES string of the molecule is Fc1ccc(OCc2ccc(Br)cc2Cl)c(CBr)c1. The molecule has 0 radical (unpaired) electrons. The van der Waals surface area contributed by atoms with Crippen molar-refractivity contribution in [3.63, 3.8) is 0 Å². The normalized spacial score (nSPS) is 10.5. The predicted octanol–water partition coefficient (Wildman–Crippen LogP) is 5.72. The summed E-state index contributed by atoms with van der Waals surface area (Å²) in [5.41, 5.74) is 1.66. The number of hydrogen-bond donors (Lipinski definition) is 0. The highest BCUT2D eigenvalue weighted by Gasteiger charge is 2.07. The van der Waals surface area contributed by atoms with Crippen LogP contribution < -0.4 is 4.74 Å². The molecule has 0 amide bonds. The van der Waals surface area contributed by atoms with Gasteiger partial charge in [-0.15, -0.1) is 0 Å². The first-order valence-corrected chi connectivity index (χ1v) is 7.80. The van der Waals surface area contributed by atoms with E-state index in [1.54, 1.807) is 6.07 Å². The number of ether oxygens (including phenoxy) is 1. The van der Waals surface area contributed by atoms with E-state index < -0.39 is 0 Å². The Labute approximate surface area is 133 Å². The number of benzene rings is 2.